The fraction of sp³-hybridized carbons (Fsp3) is 0.571. The van der Waals surface area contributed by atoms with Gasteiger partial charge >= 0.3 is 0 Å². The van der Waals surface area contributed by atoms with Gasteiger partial charge in [-0.15, -0.1) is 0 Å². The molecule has 94 valence electrons. The first-order valence-electron chi connectivity index (χ1n) is 6.21. The molecule has 1 aliphatic heterocycles. The van der Waals surface area contributed by atoms with Gasteiger partial charge in [-0.05, 0) is 42.5 Å². The Morgan fingerprint density at radius 3 is 2.71 bits per heavy atom. The maximum atomic E-state index is 5.54. The molecule has 1 unspecified atom stereocenters. The van der Waals surface area contributed by atoms with Crippen molar-refractivity contribution in [3.8, 4) is 5.75 Å². The maximum absolute atomic E-state index is 5.54. The van der Waals surface area contributed by atoms with Crippen LogP contribution in [-0.2, 0) is 0 Å². The summed E-state index contributed by atoms with van der Waals surface area (Å²) in [4.78, 5) is 0. The first-order valence-corrected chi connectivity index (χ1v) is 7.00. The molecular weight excluding hydrogens is 278 g/mol. The monoisotopic (exact) mass is 297 g/mol. The maximum Gasteiger partial charge on any atom is 0.123 e. The van der Waals surface area contributed by atoms with Gasteiger partial charge in [0.2, 0.25) is 0 Å². The van der Waals surface area contributed by atoms with E-state index in [-0.39, 0.29) is 0 Å². The van der Waals surface area contributed by atoms with Crippen LogP contribution in [0.25, 0.3) is 0 Å². The van der Waals surface area contributed by atoms with Gasteiger partial charge in [0.1, 0.15) is 5.75 Å². The first kappa shape index (κ1) is 12.9. The predicted octanol–water partition coefficient (Wildman–Crippen LogP) is 3.66. The van der Waals surface area contributed by atoms with Crippen LogP contribution >= 0.6 is 15.9 Å². The lowest BCUT2D eigenvalue weighted by Crippen LogP contribution is -2.08. The molecule has 1 saturated heterocycles. The van der Waals surface area contributed by atoms with E-state index in [2.05, 4.69) is 47.2 Å². The Morgan fingerprint density at radius 2 is 2.18 bits per heavy atom. The van der Waals surface area contributed by atoms with Gasteiger partial charge in [-0.2, -0.15) is 0 Å². The summed E-state index contributed by atoms with van der Waals surface area (Å²) >= 11 is 3.69. The fourth-order valence-electron chi connectivity index (χ4n) is 2.52. The van der Waals surface area contributed by atoms with Crippen molar-refractivity contribution in [3.05, 3.63) is 27.7 Å². The van der Waals surface area contributed by atoms with E-state index in [1.165, 1.54) is 22.0 Å². The van der Waals surface area contributed by atoms with E-state index in [4.69, 9.17) is 4.74 Å². The number of halogens is 1. The molecular formula is C14H20BrNO. The second kappa shape index (κ2) is 5.40. The van der Waals surface area contributed by atoms with E-state index in [9.17, 15) is 0 Å². The lowest BCUT2D eigenvalue weighted by atomic mass is 9.94. The lowest BCUT2D eigenvalue weighted by Gasteiger charge is -2.18. The topological polar surface area (TPSA) is 21.3 Å². The molecule has 1 N–H and O–H groups in total. The third-order valence-corrected chi connectivity index (χ3v) is 4.10. The van der Waals surface area contributed by atoms with Crippen LogP contribution < -0.4 is 10.1 Å². The van der Waals surface area contributed by atoms with E-state index in [0.29, 0.717) is 11.8 Å². The predicted molar refractivity (Wildman–Crippen MR) is 75.0 cm³/mol. The van der Waals surface area contributed by atoms with E-state index in [0.717, 1.165) is 18.8 Å². The van der Waals surface area contributed by atoms with Crippen molar-refractivity contribution in [2.24, 2.45) is 0 Å². The Bertz CT molecular complexity index is 397. The number of nitrogens with one attached hydrogen (secondary N) is 1. The third kappa shape index (κ3) is 2.66. The van der Waals surface area contributed by atoms with Crippen molar-refractivity contribution < 1.29 is 4.74 Å². The molecule has 0 aliphatic carbocycles. The minimum atomic E-state index is 0.468. The van der Waals surface area contributed by atoms with E-state index < -0.39 is 0 Å². The highest BCUT2D eigenvalue weighted by molar-refractivity contribution is 9.10. The summed E-state index contributed by atoms with van der Waals surface area (Å²) in [7, 11) is 1.75. The molecule has 2 rings (SSSR count). The third-order valence-electron chi connectivity index (χ3n) is 3.44. The van der Waals surface area contributed by atoms with Crippen molar-refractivity contribution >= 4 is 15.9 Å². The fourth-order valence-corrected chi connectivity index (χ4v) is 3.43. The molecule has 3 heteroatoms. The highest BCUT2D eigenvalue weighted by Gasteiger charge is 2.20. The number of benzene rings is 1. The van der Waals surface area contributed by atoms with Crippen LogP contribution in [0.3, 0.4) is 0 Å². The van der Waals surface area contributed by atoms with Crippen LogP contribution in [0.4, 0.5) is 0 Å². The van der Waals surface area contributed by atoms with Gasteiger partial charge < -0.3 is 10.1 Å². The van der Waals surface area contributed by atoms with Crippen LogP contribution in [0.2, 0.25) is 0 Å². The molecule has 1 aromatic rings. The quantitative estimate of drug-likeness (QED) is 0.919. The second-order valence-corrected chi connectivity index (χ2v) is 5.82. The zero-order valence-corrected chi connectivity index (χ0v) is 12.3. The molecule has 1 fully saturated rings. The summed E-state index contributed by atoms with van der Waals surface area (Å²) in [6, 6.07) is 4.47. The molecule has 0 bridgehead atoms. The van der Waals surface area contributed by atoms with Gasteiger partial charge in [-0.25, -0.2) is 0 Å². The van der Waals surface area contributed by atoms with Crippen molar-refractivity contribution in [2.45, 2.75) is 32.1 Å². The van der Waals surface area contributed by atoms with Crippen molar-refractivity contribution in [3.63, 3.8) is 0 Å². The summed E-state index contributed by atoms with van der Waals surface area (Å²) in [6.45, 7) is 6.59. The highest BCUT2D eigenvalue weighted by atomic mass is 79.9. The minimum Gasteiger partial charge on any atom is -0.496 e. The molecule has 17 heavy (non-hydrogen) atoms. The number of ether oxygens (including phenoxy) is 1. The summed E-state index contributed by atoms with van der Waals surface area (Å²) < 4.78 is 6.71. The molecule has 1 atom stereocenters. The van der Waals surface area contributed by atoms with Gasteiger partial charge in [0.05, 0.1) is 7.11 Å². The summed E-state index contributed by atoms with van der Waals surface area (Å²) in [6.07, 6.45) is 1.22. The Morgan fingerprint density at radius 1 is 1.41 bits per heavy atom. The van der Waals surface area contributed by atoms with E-state index in [1.807, 2.05) is 0 Å². The first-order chi connectivity index (χ1) is 8.13. The Hall–Kier alpha value is -0.540. The van der Waals surface area contributed by atoms with Crippen LogP contribution in [0.5, 0.6) is 5.75 Å². The zero-order chi connectivity index (χ0) is 12.4. The number of hydrogen-bond acceptors (Lipinski definition) is 2. The van der Waals surface area contributed by atoms with Crippen molar-refractivity contribution in [2.75, 3.05) is 20.2 Å². The molecule has 0 radical (unpaired) electrons. The molecule has 1 aromatic carbocycles. The SMILES string of the molecule is COc1cc(C2CCNC2)cc(Br)c1C(C)C. The van der Waals surface area contributed by atoms with Crippen LogP contribution in [-0.4, -0.2) is 20.2 Å². The van der Waals surface area contributed by atoms with Crippen molar-refractivity contribution in [1.29, 1.82) is 0 Å². The summed E-state index contributed by atoms with van der Waals surface area (Å²) in [5.74, 6) is 2.10. The molecule has 1 heterocycles. The molecule has 0 aromatic heterocycles. The average Bonchev–Trinajstić information content (AvgIpc) is 2.80. The molecule has 2 nitrogen and oxygen atoms in total. The van der Waals surface area contributed by atoms with Crippen molar-refractivity contribution in [1.82, 2.24) is 5.32 Å². The van der Waals surface area contributed by atoms with Crippen LogP contribution in [0, 0.1) is 0 Å². The Labute approximate surface area is 112 Å². The van der Waals surface area contributed by atoms with Crippen LogP contribution in [0.1, 0.15) is 43.2 Å². The van der Waals surface area contributed by atoms with E-state index in [1.54, 1.807) is 7.11 Å². The highest BCUT2D eigenvalue weighted by Crippen LogP contribution is 2.37. The zero-order valence-electron chi connectivity index (χ0n) is 10.7. The van der Waals surface area contributed by atoms with Gasteiger partial charge in [0.25, 0.3) is 0 Å². The largest absolute Gasteiger partial charge is 0.496 e. The Balaban J connectivity index is 2.40. The summed E-state index contributed by atoms with van der Waals surface area (Å²) in [5.41, 5.74) is 2.64. The lowest BCUT2D eigenvalue weighted by molar-refractivity contribution is 0.406. The number of rotatable bonds is 3. The van der Waals surface area contributed by atoms with Crippen LogP contribution in [0.15, 0.2) is 16.6 Å². The number of hydrogen-bond donors (Lipinski definition) is 1. The normalized spacial score (nSPS) is 19.9. The van der Waals surface area contributed by atoms with E-state index >= 15 is 0 Å². The van der Waals surface area contributed by atoms with Gasteiger partial charge in [0.15, 0.2) is 0 Å². The van der Waals surface area contributed by atoms with Gasteiger partial charge in [0, 0.05) is 16.6 Å². The standard InChI is InChI=1S/C14H20BrNO/c1-9(2)14-12(15)6-11(7-13(14)17-3)10-4-5-16-8-10/h6-7,9-10,16H,4-5,8H2,1-3H3. The smallest absolute Gasteiger partial charge is 0.123 e. The summed E-state index contributed by atoms with van der Waals surface area (Å²) in [5, 5.41) is 3.41. The Kier molecular flexibility index (Phi) is 4.10. The molecule has 0 saturated carbocycles. The van der Waals surface area contributed by atoms with Gasteiger partial charge in [-0.3, -0.25) is 0 Å². The van der Waals surface area contributed by atoms with Gasteiger partial charge in [-0.1, -0.05) is 29.8 Å². The molecule has 0 spiro atoms. The second-order valence-electron chi connectivity index (χ2n) is 4.96. The molecule has 0 amide bonds. The average molecular weight is 298 g/mol. The number of methoxy groups -OCH3 is 1. The minimum absolute atomic E-state index is 0.468. The molecule has 1 aliphatic rings.